The van der Waals surface area contributed by atoms with Gasteiger partial charge in [0.05, 0.1) is 11.0 Å². The number of benzene rings is 2. The van der Waals surface area contributed by atoms with Crippen molar-refractivity contribution in [1.29, 1.82) is 0 Å². The first-order valence-electron chi connectivity index (χ1n) is 7.11. The predicted molar refractivity (Wildman–Crippen MR) is 83.5 cm³/mol. The molecule has 0 aliphatic heterocycles. The van der Waals surface area contributed by atoms with E-state index >= 15 is 0 Å². The summed E-state index contributed by atoms with van der Waals surface area (Å²) in [6.45, 7) is 1.82. The lowest BCUT2D eigenvalue weighted by atomic mass is 10.0. The topological polar surface area (TPSA) is 86.5 Å². The molecule has 0 heterocycles. The first-order chi connectivity index (χ1) is 11.0. The molecule has 0 aliphatic rings. The van der Waals surface area contributed by atoms with Crippen LogP contribution in [0.2, 0.25) is 0 Å². The Labute approximate surface area is 132 Å². The zero-order valence-electron chi connectivity index (χ0n) is 12.5. The van der Waals surface area contributed by atoms with E-state index in [0.29, 0.717) is 12.0 Å². The number of carbonyl (C=O) groups is 2. The van der Waals surface area contributed by atoms with E-state index in [1.54, 1.807) is 30.3 Å². The summed E-state index contributed by atoms with van der Waals surface area (Å²) >= 11 is 0. The van der Waals surface area contributed by atoms with Gasteiger partial charge in [-0.15, -0.1) is 0 Å². The number of ketones is 1. The van der Waals surface area contributed by atoms with Gasteiger partial charge in [-0.1, -0.05) is 37.3 Å². The average molecular weight is 313 g/mol. The molecule has 2 aromatic carbocycles. The molecular formula is C17H15NO5. The van der Waals surface area contributed by atoms with Crippen LogP contribution in [0.4, 0.5) is 5.69 Å². The number of rotatable bonds is 6. The number of hydrogen-bond acceptors (Lipinski definition) is 5. The van der Waals surface area contributed by atoms with Crippen molar-refractivity contribution in [1.82, 2.24) is 0 Å². The van der Waals surface area contributed by atoms with Crippen molar-refractivity contribution >= 4 is 17.4 Å². The Kier molecular flexibility index (Phi) is 5.19. The molecule has 0 spiro atoms. The molecule has 23 heavy (non-hydrogen) atoms. The highest BCUT2D eigenvalue weighted by molar-refractivity contribution is 6.11. The van der Waals surface area contributed by atoms with Gasteiger partial charge in [-0.25, -0.2) is 0 Å². The van der Waals surface area contributed by atoms with Gasteiger partial charge in [0, 0.05) is 12.0 Å². The van der Waals surface area contributed by atoms with Gasteiger partial charge < -0.3 is 4.74 Å². The van der Waals surface area contributed by atoms with Crippen LogP contribution in [0.1, 0.15) is 35.7 Å². The number of hydrogen-bond donors (Lipinski definition) is 0. The summed E-state index contributed by atoms with van der Waals surface area (Å²) in [5.74, 6) is -0.868. The molecule has 2 rings (SSSR count). The number of nitro groups is 1. The summed E-state index contributed by atoms with van der Waals surface area (Å²) in [7, 11) is 0. The third-order valence-electron chi connectivity index (χ3n) is 3.13. The third kappa shape index (κ3) is 4.00. The summed E-state index contributed by atoms with van der Waals surface area (Å²) in [4.78, 5) is 34.4. The van der Waals surface area contributed by atoms with Crippen LogP contribution in [0.15, 0.2) is 48.5 Å². The first kappa shape index (κ1) is 16.4. The summed E-state index contributed by atoms with van der Waals surface area (Å²) in [5, 5.41) is 11.2. The SMILES string of the molecule is CCCC(=O)Oc1ccc(C(=O)c2ccccc2)c([N+](=O)[O-])c1. The number of esters is 1. The monoisotopic (exact) mass is 313 g/mol. The highest BCUT2D eigenvalue weighted by Crippen LogP contribution is 2.27. The maximum atomic E-state index is 12.4. The van der Waals surface area contributed by atoms with Crippen molar-refractivity contribution in [3.8, 4) is 5.75 Å². The second-order valence-electron chi connectivity index (χ2n) is 4.86. The van der Waals surface area contributed by atoms with Gasteiger partial charge in [0.1, 0.15) is 11.3 Å². The molecule has 0 saturated heterocycles. The summed E-state index contributed by atoms with van der Waals surface area (Å²) in [5.41, 5.74) is -0.0801. The maximum absolute atomic E-state index is 12.4. The molecular weight excluding hydrogens is 298 g/mol. The van der Waals surface area contributed by atoms with Crippen LogP contribution in [0.25, 0.3) is 0 Å². The molecule has 0 fully saturated rings. The third-order valence-corrected chi connectivity index (χ3v) is 3.13. The van der Waals surface area contributed by atoms with Gasteiger partial charge in [0.25, 0.3) is 5.69 Å². The molecule has 2 aromatic rings. The molecule has 0 N–H and O–H groups in total. The minimum absolute atomic E-state index is 0.0449. The summed E-state index contributed by atoms with van der Waals surface area (Å²) < 4.78 is 5.03. The highest BCUT2D eigenvalue weighted by Gasteiger charge is 2.22. The van der Waals surface area contributed by atoms with Crippen molar-refractivity contribution in [2.45, 2.75) is 19.8 Å². The van der Waals surface area contributed by atoms with E-state index in [4.69, 9.17) is 4.74 Å². The van der Waals surface area contributed by atoms with Gasteiger partial charge in [-0.05, 0) is 18.6 Å². The zero-order chi connectivity index (χ0) is 16.8. The molecule has 6 nitrogen and oxygen atoms in total. The van der Waals surface area contributed by atoms with Gasteiger partial charge in [-0.3, -0.25) is 19.7 Å². The second kappa shape index (κ2) is 7.31. The fraction of sp³-hybridized carbons (Fsp3) is 0.176. The Morgan fingerprint density at radius 3 is 2.43 bits per heavy atom. The second-order valence-corrected chi connectivity index (χ2v) is 4.86. The Bertz CT molecular complexity index is 740. The smallest absolute Gasteiger partial charge is 0.311 e. The van der Waals surface area contributed by atoms with Crippen LogP contribution in [0, 0.1) is 10.1 Å². The molecule has 0 aromatic heterocycles. The molecule has 0 aliphatic carbocycles. The van der Waals surface area contributed by atoms with E-state index in [0.717, 1.165) is 6.07 Å². The Morgan fingerprint density at radius 2 is 1.83 bits per heavy atom. The van der Waals surface area contributed by atoms with E-state index in [9.17, 15) is 19.7 Å². The van der Waals surface area contributed by atoms with E-state index in [-0.39, 0.29) is 23.4 Å². The fourth-order valence-corrected chi connectivity index (χ4v) is 2.05. The van der Waals surface area contributed by atoms with Crippen LogP contribution >= 0.6 is 0 Å². The standard InChI is InChI=1S/C17H15NO5/c1-2-6-16(19)23-13-9-10-14(15(11-13)18(21)22)17(20)12-7-4-3-5-8-12/h3-5,7-11H,2,6H2,1H3. The van der Waals surface area contributed by atoms with E-state index in [1.807, 2.05) is 6.92 Å². The average Bonchev–Trinajstić information content (AvgIpc) is 2.55. The first-order valence-corrected chi connectivity index (χ1v) is 7.11. The van der Waals surface area contributed by atoms with Crippen molar-refractivity contribution in [2.75, 3.05) is 0 Å². The lowest BCUT2D eigenvalue weighted by Crippen LogP contribution is -2.09. The fourth-order valence-electron chi connectivity index (χ4n) is 2.05. The number of carbonyl (C=O) groups excluding carboxylic acids is 2. The maximum Gasteiger partial charge on any atom is 0.311 e. The van der Waals surface area contributed by atoms with E-state index in [1.165, 1.54) is 12.1 Å². The van der Waals surface area contributed by atoms with Crippen LogP contribution in [0.3, 0.4) is 0 Å². The number of nitrogens with zero attached hydrogens (tertiary/aromatic N) is 1. The molecule has 0 unspecified atom stereocenters. The molecule has 0 radical (unpaired) electrons. The molecule has 0 bridgehead atoms. The van der Waals surface area contributed by atoms with Gasteiger partial charge in [0.15, 0.2) is 5.78 Å². The van der Waals surface area contributed by atoms with Crippen molar-refractivity contribution in [3.63, 3.8) is 0 Å². The van der Waals surface area contributed by atoms with Crippen LogP contribution in [-0.2, 0) is 4.79 Å². The number of nitro benzene ring substituents is 1. The van der Waals surface area contributed by atoms with Crippen LogP contribution in [-0.4, -0.2) is 16.7 Å². The zero-order valence-corrected chi connectivity index (χ0v) is 12.5. The normalized spacial score (nSPS) is 10.1. The molecule has 118 valence electrons. The minimum atomic E-state index is -0.659. The molecule has 0 saturated carbocycles. The van der Waals surface area contributed by atoms with Crippen LogP contribution in [0.5, 0.6) is 5.75 Å². The Morgan fingerprint density at radius 1 is 1.13 bits per heavy atom. The number of ether oxygens (including phenoxy) is 1. The Balaban J connectivity index is 2.36. The molecule has 6 heteroatoms. The van der Waals surface area contributed by atoms with E-state index < -0.39 is 16.7 Å². The summed E-state index contributed by atoms with van der Waals surface area (Å²) in [6.07, 6.45) is 0.837. The minimum Gasteiger partial charge on any atom is -0.426 e. The van der Waals surface area contributed by atoms with E-state index in [2.05, 4.69) is 0 Å². The van der Waals surface area contributed by atoms with Crippen molar-refractivity contribution in [2.24, 2.45) is 0 Å². The molecule has 0 amide bonds. The Hall–Kier alpha value is -3.02. The van der Waals surface area contributed by atoms with Gasteiger partial charge in [-0.2, -0.15) is 0 Å². The van der Waals surface area contributed by atoms with Crippen LogP contribution < -0.4 is 4.74 Å². The highest BCUT2D eigenvalue weighted by atomic mass is 16.6. The largest absolute Gasteiger partial charge is 0.426 e. The summed E-state index contributed by atoms with van der Waals surface area (Å²) in [6, 6.07) is 12.1. The predicted octanol–water partition coefficient (Wildman–Crippen LogP) is 3.53. The van der Waals surface area contributed by atoms with Gasteiger partial charge >= 0.3 is 5.97 Å². The van der Waals surface area contributed by atoms with Crippen molar-refractivity contribution < 1.29 is 19.2 Å². The van der Waals surface area contributed by atoms with Crippen molar-refractivity contribution in [3.05, 3.63) is 69.8 Å². The lowest BCUT2D eigenvalue weighted by Gasteiger charge is -2.06. The lowest BCUT2D eigenvalue weighted by molar-refractivity contribution is -0.385. The molecule has 0 atom stereocenters. The quantitative estimate of drug-likeness (QED) is 0.268. The van der Waals surface area contributed by atoms with Gasteiger partial charge in [0.2, 0.25) is 0 Å².